The molecule has 0 aliphatic carbocycles. The molecule has 2 aliphatic heterocycles. The lowest BCUT2D eigenvalue weighted by Crippen LogP contribution is -2.38. The summed E-state index contributed by atoms with van der Waals surface area (Å²) >= 11 is 0. The second kappa shape index (κ2) is 14.0. The van der Waals surface area contributed by atoms with Crippen LogP contribution in [-0.4, -0.2) is 73.6 Å². The van der Waals surface area contributed by atoms with Gasteiger partial charge in [-0.15, -0.1) is 0 Å². The highest BCUT2D eigenvalue weighted by molar-refractivity contribution is 5.96. The van der Waals surface area contributed by atoms with Gasteiger partial charge < -0.3 is 19.7 Å². The minimum atomic E-state index is -4.50. The quantitative estimate of drug-likeness (QED) is 0.325. The number of halogens is 3. The van der Waals surface area contributed by atoms with Gasteiger partial charge in [0.2, 0.25) is 5.91 Å². The van der Waals surface area contributed by atoms with E-state index in [1.807, 2.05) is 0 Å². The second-order valence-electron chi connectivity index (χ2n) is 10.3. The molecule has 2 aromatic rings. The molecular weight excluding hydrogens is 551 g/mol. The Labute approximate surface area is 243 Å². The molecule has 42 heavy (non-hydrogen) atoms. The zero-order valence-electron chi connectivity index (χ0n) is 23.8. The van der Waals surface area contributed by atoms with Crippen LogP contribution in [0.1, 0.15) is 59.7 Å². The number of alkyl halides is 3. The summed E-state index contributed by atoms with van der Waals surface area (Å²) in [7, 11) is 0. The number of morpholine rings is 1. The summed E-state index contributed by atoms with van der Waals surface area (Å²) in [5.74, 6) is -1.87. The van der Waals surface area contributed by atoms with E-state index in [0.717, 1.165) is 51.4 Å². The molecule has 1 fully saturated rings. The molecule has 1 N–H and O–H groups in total. The number of nitrogens with one attached hydrogen (secondary N) is 1. The molecule has 1 unspecified atom stereocenters. The van der Waals surface area contributed by atoms with Crippen LogP contribution >= 0.6 is 0 Å². The Morgan fingerprint density at radius 2 is 1.81 bits per heavy atom. The van der Waals surface area contributed by atoms with Gasteiger partial charge in [-0.25, -0.2) is 4.79 Å². The number of esters is 1. The van der Waals surface area contributed by atoms with Crippen molar-refractivity contribution < 1.29 is 37.0 Å². The summed E-state index contributed by atoms with van der Waals surface area (Å²) in [6, 6.07) is 11.4. The maximum absolute atomic E-state index is 13.3. The number of carbonyl (C=O) groups is 3. The maximum Gasteiger partial charge on any atom is 0.416 e. The smallest absolute Gasteiger partial charge is 0.416 e. The van der Waals surface area contributed by atoms with Gasteiger partial charge in [-0.1, -0.05) is 24.3 Å². The van der Waals surface area contributed by atoms with Crippen LogP contribution in [0.25, 0.3) is 0 Å². The van der Waals surface area contributed by atoms with E-state index in [-0.39, 0.29) is 37.0 Å². The number of amides is 2. The molecule has 4 rings (SSSR count). The fraction of sp³-hybridized carbons (Fsp3) is 0.452. The third kappa shape index (κ3) is 7.77. The van der Waals surface area contributed by atoms with Gasteiger partial charge in [0.05, 0.1) is 37.5 Å². The van der Waals surface area contributed by atoms with Crippen LogP contribution in [0.2, 0.25) is 0 Å². The Balaban J connectivity index is 1.48. The van der Waals surface area contributed by atoms with Gasteiger partial charge in [-0.2, -0.15) is 13.2 Å². The van der Waals surface area contributed by atoms with Crippen molar-refractivity contribution in [1.82, 2.24) is 15.1 Å². The molecule has 0 spiro atoms. The minimum absolute atomic E-state index is 0.104. The van der Waals surface area contributed by atoms with Crippen LogP contribution in [0.3, 0.4) is 0 Å². The van der Waals surface area contributed by atoms with Gasteiger partial charge in [0.25, 0.3) is 5.91 Å². The van der Waals surface area contributed by atoms with Crippen molar-refractivity contribution >= 4 is 17.8 Å². The van der Waals surface area contributed by atoms with Crippen molar-refractivity contribution in [2.24, 2.45) is 0 Å². The third-order valence-corrected chi connectivity index (χ3v) is 7.53. The molecule has 1 atom stereocenters. The van der Waals surface area contributed by atoms with Gasteiger partial charge in [0.15, 0.2) is 0 Å². The molecular formula is C31H36F3N3O5. The van der Waals surface area contributed by atoms with E-state index in [2.05, 4.69) is 10.2 Å². The summed E-state index contributed by atoms with van der Waals surface area (Å²) in [5.41, 5.74) is 1.36. The number of nitrogens with zero attached hydrogens (tertiary/aromatic N) is 2. The molecule has 226 valence electrons. The predicted molar refractivity (Wildman–Crippen MR) is 149 cm³/mol. The Morgan fingerprint density at radius 1 is 1.10 bits per heavy atom. The normalized spacial score (nSPS) is 18.3. The zero-order valence-corrected chi connectivity index (χ0v) is 23.8. The SMILES string of the molecule is CCOC(=O)C1=C(C)N(Cc2cccc(C(=O)NCCCN3CCOCC3)c2)C(=O)CC1c1ccc(C(F)(F)F)cc1. The molecule has 2 amide bonds. The molecule has 0 aromatic heterocycles. The monoisotopic (exact) mass is 587 g/mol. The number of rotatable bonds is 10. The van der Waals surface area contributed by atoms with Gasteiger partial charge in [0, 0.05) is 43.2 Å². The second-order valence-corrected chi connectivity index (χ2v) is 10.3. The number of ether oxygens (including phenoxy) is 2. The van der Waals surface area contributed by atoms with Gasteiger partial charge in [-0.05, 0) is 62.2 Å². The number of benzene rings is 2. The largest absolute Gasteiger partial charge is 0.463 e. The number of hydrogen-bond donors (Lipinski definition) is 1. The molecule has 1 saturated heterocycles. The molecule has 0 radical (unpaired) electrons. The highest BCUT2D eigenvalue weighted by Gasteiger charge is 2.37. The first-order valence-corrected chi connectivity index (χ1v) is 14.1. The lowest BCUT2D eigenvalue weighted by molar-refractivity contribution is -0.140. The lowest BCUT2D eigenvalue weighted by atomic mass is 9.83. The summed E-state index contributed by atoms with van der Waals surface area (Å²) in [6.45, 7) is 8.15. The molecule has 0 saturated carbocycles. The van der Waals surface area contributed by atoms with Crippen molar-refractivity contribution in [3.8, 4) is 0 Å². The van der Waals surface area contributed by atoms with Gasteiger partial charge in [-0.3, -0.25) is 14.5 Å². The van der Waals surface area contributed by atoms with Crippen molar-refractivity contribution in [3.63, 3.8) is 0 Å². The average Bonchev–Trinajstić information content (AvgIpc) is 2.97. The van der Waals surface area contributed by atoms with Crippen LogP contribution in [0, 0.1) is 0 Å². The Hall–Kier alpha value is -3.70. The Kier molecular flexibility index (Phi) is 10.4. The molecule has 8 nitrogen and oxygen atoms in total. The van der Waals surface area contributed by atoms with Gasteiger partial charge in [0.1, 0.15) is 0 Å². The minimum Gasteiger partial charge on any atom is -0.463 e. The maximum atomic E-state index is 13.3. The van der Waals surface area contributed by atoms with Crippen molar-refractivity contribution in [2.45, 2.75) is 45.3 Å². The van der Waals surface area contributed by atoms with Crippen LogP contribution in [0.15, 0.2) is 59.8 Å². The van der Waals surface area contributed by atoms with Crippen LogP contribution in [-0.2, 0) is 31.8 Å². The first-order chi connectivity index (χ1) is 20.1. The van der Waals surface area contributed by atoms with E-state index in [0.29, 0.717) is 28.9 Å². The van der Waals surface area contributed by atoms with Crippen molar-refractivity contribution in [3.05, 3.63) is 82.1 Å². The fourth-order valence-corrected chi connectivity index (χ4v) is 5.29. The van der Waals surface area contributed by atoms with Crippen molar-refractivity contribution in [2.75, 3.05) is 46.0 Å². The third-order valence-electron chi connectivity index (χ3n) is 7.53. The van der Waals surface area contributed by atoms with E-state index in [1.165, 1.54) is 17.0 Å². The Bertz CT molecular complexity index is 1300. The molecule has 0 bridgehead atoms. The first-order valence-electron chi connectivity index (χ1n) is 14.1. The van der Waals surface area contributed by atoms with Crippen molar-refractivity contribution in [1.29, 1.82) is 0 Å². The highest BCUT2D eigenvalue weighted by atomic mass is 19.4. The zero-order chi connectivity index (χ0) is 30.3. The number of hydrogen-bond acceptors (Lipinski definition) is 6. The summed E-state index contributed by atoms with van der Waals surface area (Å²) in [5, 5.41) is 2.94. The number of carbonyl (C=O) groups excluding carboxylic acids is 3. The summed E-state index contributed by atoms with van der Waals surface area (Å²) < 4.78 is 49.9. The standard InChI is InChI=1S/C31H36F3N3O5/c1-3-42-30(40)28-21(2)37(27(38)19-26(28)23-8-10-25(11-9-23)31(32,33)34)20-22-6-4-7-24(18-22)29(39)35-12-5-13-36-14-16-41-17-15-36/h4,6-11,18,26H,3,5,12-17,19-20H2,1-2H3,(H,35,39). The van der Waals surface area contributed by atoms with E-state index in [9.17, 15) is 27.6 Å². The van der Waals surface area contributed by atoms with E-state index < -0.39 is 23.6 Å². The predicted octanol–water partition coefficient (Wildman–Crippen LogP) is 4.51. The molecule has 2 aliphatic rings. The molecule has 2 heterocycles. The average molecular weight is 588 g/mol. The van der Waals surface area contributed by atoms with E-state index in [4.69, 9.17) is 9.47 Å². The van der Waals surface area contributed by atoms with Crippen LogP contribution < -0.4 is 5.32 Å². The Morgan fingerprint density at radius 3 is 2.48 bits per heavy atom. The summed E-state index contributed by atoms with van der Waals surface area (Å²) in [6.07, 6.45) is -3.80. The lowest BCUT2D eigenvalue weighted by Gasteiger charge is -2.34. The van der Waals surface area contributed by atoms with E-state index >= 15 is 0 Å². The first kappa shape index (κ1) is 31.2. The molecule has 2 aromatic carbocycles. The topological polar surface area (TPSA) is 88.2 Å². The molecule has 11 heteroatoms. The highest BCUT2D eigenvalue weighted by Crippen LogP contribution is 2.39. The fourth-order valence-electron chi connectivity index (χ4n) is 5.29. The van der Waals surface area contributed by atoms with Crippen LogP contribution in [0.4, 0.5) is 13.2 Å². The van der Waals surface area contributed by atoms with E-state index in [1.54, 1.807) is 38.1 Å². The van der Waals surface area contributed by atoms with Crippen LogP contribution in [0.5, 0.6) is 0 Å². The number of allylic oxidation sites excluding steroid dienone is 1. The van der Waals surface area contributed by atoms with Gasteiger partial charge >= 0.3 is 12.1 Å². The summed E-state index contributed by atoms with van der Waals surface area (Å²) in [4.78, 5) is 42.9.